The van der Waals surface area contributed by atoms with Crippen molar-refractivity contribution in [1.29, 1.82) is 0 Å². The molecule has 1 atom stereocenters. The van der Waals surface area contributed by atoms with Gasteiger partial charge >= 0.3 is 0 Å². The van der Waals surface area contributed by atoms with E-state index in [0.717, 1.165) is 4.90 Å². The van der Waals surface area contributed by atoms with Gasteiger partial charge in [0.05, 0.1) is 25.3 Å². The molecule has 0 fully saturated rings. The zero-order valence-corrected chi connectivity index (χ0v) is 14.1. The number of carbonyl (C=O) groups excluding carboxylic acids is 3. The fourth-order valence-corrected chi connectivity index (χ4v) is 2.91. The van der Waals surface area contributed by atoms with Crippen LogP contribution in [0.2, 0.25) is 0 Å². The molecule has 0 aliphatic carbocycles. The first-order chi connectivity index (χ1) is 12.0. The highest BCUT2D eigenvalue weighted by Crippen LogP contribution is 2.30. The lowest BCUT2D eigenvalue weighted by Gasteiger charge is -2.21. The fraction of sp³-hybridized carbons (Fsp3) is 0.211. The molecule has 0 radical (unpaired) electrons. The number of imide groups is 1. The Morgan fingerprint density at radius 1 is 0.920 bits per heavy atom. The van der Waals surface area contributed by atoms with E-state index in [0.29, 0.717) is 28.2 Å². The van der Waals surface area contributed by atoms with Crippen LogP contribution in [0.3, 0.4) is 0 Å². The number of amides is 2. The minimum absolute atomic E-state index is 0.319. The van der Waals surface area contributed by atoms with Crippen LogP contribution < -0.4 is 9.47 Å². The summed E-state index contributed by atoms with van der Waals surface area (Å²) in [5.41, 5.74) is 0.973. The largest absolute Gasteiger partial charge is 0.493 e. The molecule has 1 heterocycles. The summed E-state index contributed by atoms with van der Waals surface area (Å²) in [4.78, 5) is 38.8. The van der Waals surface area contributed by atoms with E-state index in [-0.39, 0.29) is 5.78 Å². The number of fused-ring (bicyclic) bond motifs is 1. The van der Waals surface area contributed by atoms with E-state index in [2.05, 4.69) is 0 Å². The Morgan fingerprint density at radius 2 is 1.48 bits per heavy atom. The maximum absolute atomic E-state index is 12.8. The van der Waals surface area contributed by atoms with E-state index < -0.39 is 17.9 Å². The first-order valence-electron chi connectivity index (χ1n) is 7.72. The zero-order valence-electron chi connectivity index (χ0n) is 14.1. The van der Waals surface area contributed by atoms with Gasteiger partial charge in [-0.25, -0.2) is 0 Å². The molecule has 2 aromatic rings. The summed E-state index contributed by atoms with van der Waals surface area (Å²) in [6.07, 6.45) is 0. The molecule has 0 aromatic heterocycles. The van der Waals surface area contributed by atoms with Crippen LogP contribution in [0.15, 0.2) is 42.5 Å². The molecule has 1 aliphatic heterocycles. The number of hydrogen-bond acceptors (Lipinski definition) is 5. The van der Waals surface area contributed by atoms with Gasteiger partial charge in [0.2, 0.25) is 0 Å². The summed E-state index contributed by atoms with van der Waals surface area (Å²) in [6.45, 7) is 1.54. The first-order valence-corrected chi connectivity index (χ1v) is 7.72. The lowest BCUT2D eigenvalue weighted by Crippen LogP contribution is -2.42. The molecule has 0 spiro atoms. The van der Waals surface area contributed by atoms with Crippen molar-refractivity contribution < 1.29 is 23.9 Å². The van der Waals surface area contributed by atoms with Crippen molar-refractivity contribution in [3.05, 3.63) is 59.2 Å². The van der Waals surface area contributed by atoms with Crippen molar-refractivity contribution in [2.24, 2.45) is 0 Å². The maximum atomic E-state index is 12.8. The van der Waals surface area contributed by atoms with Crippen LogP contribution >= 0.6 is 0 Å². The van der Waals surface area contributed by atoms with Gasteiger partial charge in [0.1, 0.15) is 6.04 Å². The summed E-state index contributed by atoms with van der Waals surface area (Å²) in [6, 6.07) is 10.4. The highest BCUT2D eigenvalue weighted by molar-refractivity contribution is 6.23. The van der Waals surface area contributed by atoms with Crippen molar-refractivity contribution in [3.63, 3.8) is 0 Å². The van der Waals surface area contributed by atoms with Crippen LogP contribution in [0, 0.1) is 0 Å². The second-order valence-corrected chi connectivity index (χ2v) is 5.64. The molecular weight excluding hydrogens is 322 g/mol. The summed E-state index contributed by atoms with van der Waals surface area (Å²) in [5, 5.41) is 0. The third-order valence-corrected chi connectivity index (χ3v) is 4.26. The Morgan fingerprint density at radius 3 is 2.00 bits per heavy atom. The molecule has 0 bridgehead atoms. The number of carbonyl (C=O) groups is 3. The summed E-state index contributed by atoms with van der Waals surface area (Å²) >= 11 is 0. The van der Waals surface area contributed by atoms with E-state index >= 15 is 0 Å². The van der Waals surface area contributed by atoms with Crippen molar-refractivity contribution in [1.82, 2.24) is 4.90 Å². The van der Waals surface area contributed by atoms with Crippen LogP contribution in [0.4, 0.5) is 0 Å². The molecule has 2 aromatic carbocycles. The lowest BCUT2D eigenvalue weighted by molar-refractivity contribution is 0.0555. The minimum Gasteiger partial charge on any atom is -0.493 e. The smallest absolute Gasteiger partial charge is 0.262 e. The van der Waals surface area contributed by atoms with Gasteiger partial charge in [-0.2, -0.15) is 0 Å². The van der Waals surface area contributed by atoms with Gasteiger partial charge in [-0.1, -0.05) is 12.1 Å². The number of Topliss-reactive ketones (excluding diaryl/α,β-unsaturated/α-hetero) is 1. The van der Waals surface area contributed by atoms with Crippen molar-refractivity contribution in [2.45, 2.75) is 13.0 Å². The average Bonchev–Trinajstić information content (AvgIpc) is 2.91. The quantitative estimate of drug-likeness (QED) is 0.618. The summed E-state index contributed by atoms with van der Waals surface area (Å²) < 4.78 is 10.4. The van der Waals surface area contributed by atoms with Crippen LogP contribution in [0.1, 0.15) is 38.0 Å². The molecule has 6 heteroatoms. The normalized spacial score (nSPS) is 14.3. The number of ether oxygens (including phenoxy) is 2. The molecular formula is C19H17NO5. The third-order valence-electron chi connectivity index (χ3n) is 4.26. The Hall–Kier alpha value is -3.15. The monoisotopic (exact) mass is 339 g/mol. The third kappa shape index (κ3) is 2.65. The topological polar surface area (TPSA) is 72.9 Å². The Balaban J connectivity index is 1.92. The van der Waals surface area contributed by atoms with Crippen LogP contribution in [0.5, 0.6) is 11.5 Å². The summed E-state index contributed by atoms with van der Waals surface area (Å²) in [7, 11) is 2.97. The SMILES string of the molecule is COc1ccc(C(=O)[C@@H](C)N2C(=O)c3ccccc3C2=O)cc1OC. The molecule has 0 saturated carbocycles. The van der Waals surface area contributed by atoms with E-state index in [4.69, 9.17) is 9.47 Å². The van der Waals surface area contributed by atoms with Crippen molar-refractivity contribution >= 4 is 17.6 Å². The lowest BCUT2D eigenvalue weighted by atomic mass is 10.0. The van der Waals surface area contributed by atoms with Crippen LogP contribution in [-0.4, -0.2) is 42.8 Å². The molecule has 0 saturated heterocycles. The van der Waals surface area contributed by atoms with Crippen molar-refractivity contribution in [2.75, 3.05) is 14.2 Å². The molecule has 0 N–H and O–H groups in total. The first kappa shape index (κ1) is 16.7. The van der Waals surface area contributed by atoms with Gasteiger partial charge in [-0.15, -0.1) is 0 Å². The van der Waals surface area contributed by atoms with E-state index in [1.165, 1.54) is 20.3 Å². The second-order valence-electron chi connectivity index (χ2n) is 5.64. The molecule has 3 rings (SSSR count). The van der Waals surface area contributed by atoms with Gasteiger partial charge in [0, 0.05) is 5.56 Å². The minimum atomic E-state index is -0.925. The van der Waals surface area contributed by atoms with Gasteiger partial charge in [-0.05, 0) is 37.3 Å². The number of ketones is 1. The maximum Gasteiger partial charge on any atom is 0.262 e. The predicted molar refractivity (Wildman–Crippen MR) is 90.3 cm³/mol. The molecule has 128 valence electrons. The molecule has 2 amide bonds. The Labute approximate surface area is 145 Å². The average molecular weight is 339 g/mol. The van der Waals surface area contributed by atoms with Crippen LogP contribution in [0.25, 0.3) is 0 Å². The number of methoxy groups -OCH3 is 2. The highest BCUT2D eigenvalue weighted by atomic mass is 16.5. The molecule has 25 heavy (non-hydrogen) atoms. The van der Waals surface area contributed by atoms with Crippen molar-refractivity contribution in [3.8, 4) is 11.5 Å². The summed E-state index contributed by atoms with van der Waals surface area (Å²) in [5.74, 6) is -0.366. The highest BCUT2D eigenvalue weighted by Gasteiger charge is 2.40. The number of hydrogen-bond donors (Lipinski definition) is 0. The fourth-order valence-electron chi connectivity index (χ4n) is 2.91. The zero-order chi connectivity index (χ0) is 18.1. The van der Waals surface area contributed by atoms with Crippen LogP contribution in [-0.2, 0) is 0 Å². The number of nitrogens with zero attached hydrogens (tertiary/aromatic N) is 1. The Kier molecular flexibility index (Phi) is 4.27. The number of rotatable bonds is 5. The number of benzene rings is 2. The van der Waals surface area contributed by atoms with Gasteiger partial charge < -0.3 is 9.47 Å². The van der Waals surface area contributed by atoms with E-state index in [1.807, 2.05) is 0 Å². The molecule has 6 nitrogen and oxygen atoms in total. The Bertz CT molecular complexity index is 839. The van der Waals surface area contributed by atoms with Gasteiger partial charge in [0.25, 0.3) is 11.8 Å². The van der Waals surface area contributed by atoms with E-state index in [9.17, 15) is 14.4 Å². The van der Waals surface area contributed by atoms with Gasteiger partial charge in [-0.3, -0.25) is 19.3 Å². The molecule has 1 aliphatic rings. The predicted octanol–water partition coefficient (Wildman–Crippen LogP) is 2.57. The van der Waals surface area contributed by atoms with Gasteiger partial charge in [0.15, 0.2) is 17.3 Å². The van der Waals surface area contributed by atoms with E-state index in [1.54, 1.807) is 43.3 Å². The second kappa shape index (κ2) is 6.39. The molecule has 0 unspecified atom stereocenters. The standard InChI is InChI=1S/C19H17NO5/c1-11(17(21)12-8-9-15(24-2)16(10-12)25-3)20-18(22)13-6-4-5-7-14(13)19(20)23/h4-11H,1-3H3/t11-/m1/s1.